The molecule has 0 bridgehead atoms. The molecule has 1 aliphatic heterocycles. The Morgan fingerprint density at radius 1 is 1.36 bits per heavy atom. The number of fused-ring (bicyclic) bond motifs is 1. The van der Waals surface area contributed by atoms with E-state index in [0.29, 0.717) is 13.1 Å². The molecule has 0 spiro atoms. The van der Waals surface area contributed by atoms with Crippen LogP contribution in [0.2, 0.25) is 0 Å². The van der Waals surface area contributed by atoms with Gasteiger partial charge in [0, 0.05) is 30.4 Å². The third-order valence-electron chi connectivity index (χ3n) is 5.22. The molecular weight excluding hydrogens is 392 g/mol. The van der Waals surface area contributed by atoms with E-state index in [0.717, 1.165) is 18.9 Å². The summed E-state index contributed by atoms with van der Waals surface area (Å²) in [5.41, 5.74) is 4.96. The predicted octanol–water partition coefficient (Wildman–Crippen LogP) is 2.55. The lowest BCUT2D eigenvalue weighted by molar-refractivity contribution is 0.143. The molecule has 7 nitrogen and oxygen atoms in total. The molecule has 0 radical (unpaired) electrons. The summed E-state index contributed by atoms with van der Waals surface area (Å²) in [6.07, 6.45) is 2.93. The standard InChI is InChI=1S/C18H19F2N3O4S/c1-28-13-7-22(5-11(13)21)16-10(19)4-9-15(14(16)20)23(8-2-3-8)6-12(17(9)24)27-18(25)26/h4,6,8,11,13H,2-3,5,7,21H2,1H3,(H,25,26)/t11-,13-/m0/s1. The van der Waals surface area contributed by atoms with Crippen LogP contribution in [0.5, 0.6) is 5.75 Å². The smallest absolute Gasteiger partial charge is 0.449 e. The van der Waals surface area contributed by atoms with Crippen molar-refractivity contribution in [1.82, 2.24) is 4.57 Å². The van der Waals surface area contributed by atoms with Crippen molar-refractivity contribution in [2.75, 3.05) is 24.2 Å². The zero-order chi connectivity index (χ0) is 20.2. The first-order valence-electron chi connectivity index (χ1n) is 8.82. The van der Waals surface area contributed by atoms with Gasteiger partial charge in [0.05, 0.1) is 17.1 Å². The van der Waals surface area contributed by atoms with Crippen LogP contribution in [0.15, 0.2) is 17.1 Å². The maximum absolute atomic E-state index is 15.5. The normalized spacial score (nSPS) is 22.1. The van der Waals surface area contributed by atoms with E-state index in [-0.39, 0.29) is 33.9 Å². The lowest BCUT2D eigenvalue weighted by atomic mass is 10.1. The molecule has 2 fully saturated rings. The third-order valence-corrected chi connectivity index (χ3v) is 6.32. The molecule has 2 aromatic rings. The molecule has 1 aromatic heterocycles. The molecule has 1 saturated carbocycles. The first kappa shape index (κ1) is 19.0. The third kappa shape index (κ3) is 3.10. The van der Waals surface area contributed by atoms with Gasteiger partial charge in [-0.05, 0) is 25.2 Å². The Morgan fingerprint density at radius 3 is 2.64 bits per heavy atom. The molecule has 10 heteroatoms. The minimum atomic E-state index is -1.66. The van der Waals surface area contributed by atoms with Crippen molar-refractivity contribution in [3.63, 3.8) is 0 Å². The van der Waals surface area contributed by atoms with Gasteiger partial charge in [0.1, 0.15) is 11.5 Å². The average molecular weight is 411 g/mol. The number of hydrogen-bond donors (Lipinski definition) is 2. The number of anilines is 1. The number of aromatic nitrogens is 1. The first-order chi connectivity index (χ1) is 13.3. The number of carbonyl (C=O) groups is 1. The summed E-state index contributed by atoms with van der Waals surface area (Å²) in [7, 11) is 0. The minimum Gasteiger partial charge on any atom is -0.449 e. The van der Waals surface area contributed by atoms with E-state index in [1.165, 1.54) is 10.8 Å². The zero-order valence-corrected chi connectivity index (χ0v) is 15.8. The highest BCUT2D eigenvalue weighted by Gasteiger charge is 2.35. The van der Waals surface area contributed by atoms with Crippen molar-refractivity contribution < 1.29 is 23.4 Å². The fourth-order valence-corrected chi connectivity index (χ4v) is 4.50. The average Bonchev–Trinajstić information content (AvgIpc) is 3.40. The summed E-state index contributed by atoms with van der Waals surface area (Å²) in [6.45, 7) is 0.703. The Balaban J connectivity index is 1.92. The van der Waals surface area contributed by atoms with Crippen molar-refractivity contribution in [1.29, 1.82) is 0 Å². The minimum absolute atomic E-state index is 0.0391. The molecule has 0 unspecified atom stereocenters. The quantitative estimate of drug-likeness (QED) is 0.746. The van der Waals surface area contributed by atoms with Gasteiger partial charge in [-0.1, -0.05) is 0 Å². The summed E-state index contributed by atoms with van der Waals surface area (Å²) in [5, 5.41) is 8.65. The number of nitrogens with zero attached hydrogens (tertiary/aromatic N) is 2. The molecule has 1 aromatic carbocycles. The number of benzene rings is 1. The molecule has 150 valence electrons. The lowest BCUT2D eigenvalue weighted by Crippen LogP contribution is -2.31. The number of thioether (sulfide) groups is 1. The van der Waals surface area contributed by atoms with Crippen LogP contribution in [0.3, 0.4) is 0 Å². The Hall–Kier alpha value is -2.33. The Morgan fingerprint density at radius 2 is 2.07 bits per heavy atom. The molecule has 0 amide bonds. The van der Waals surface area contributed by atoms with Crippen LogP contribution in [-0.4, -0.2) is 46.5 Å². The second-order valence-corrected chi connectivity index (χ2v) is 8.17. The van der Waals surface area contributed by atoms with E-state index in [9.17, 15) is 14.0 Å². The van der Waals surface area contributed by atoms with Crippen molar-refractivity contribution in [2.24, 2.45) is 5.73 Å². The van der Waals surface area contributed by atoms with E-state index in [4.69, 9.17) is 10.8 Å². The van der Waals surface area contributed by atoms with Gasteiger partial charge < -0.3 is 25.0 Å². The first-order valence-corrected chi connectivity index (χ1v) is 10.1. The molecule has 2 heterocycles. The Bertz CT molecular complexity index is 1020. The van der Waals surface area contributed by atoms with E-state index < -0.39 is 29.0 Å². The Labute approximate surface area is 163 Å². The van der Waals surface area contributed by atoms with Crippen LogP contribution < -0.4 is 20.8 Å². The highest BCUT2D eigenvalue weighted by Crippen LogP contribution is 2.41. The number of hydrogen-bond acceptors (Lipinski definition) is 6. The van der Waals surface area contributed by atoms with Crippen LogP contribution in [-0.2, 0) is 0 Å². The maximum Gasteiger partial charge on any atom is 0.511 e. The summed E-state index contributed by atoms with van der Waals surface area (Å²) in [6, 6.07) is 0.648. The zero-order valence-electron chi connectivity index (χ0n) is 15.0. The Kier molecular flexibility index (Phi) is 4.70. The van der Waals surface area contributed by atoms with E-state index in [1.54, 1.807) is 16.7 Å². The largest absolute Gasteiger partial charge is 0.511 e. The van der Waals surface area contributed by atoms with Gasteiger partial charge in [-0.25, -0.2) is 13.6 Å². The van der Waals surface area contributed by atoms with Gasteiger partial charge in [0.15, 0.2) is 11.6 Å². The molecule has 3 N–H and O–H groups in total. The van der Waals surface area contributed by atoms with Gasteiger partial charge in [-0.15, -0.1) is 0 Å². The molecule has 28 heavy (non-hydrogen) atoms. The van der Waals surface area contributed by atoms with Crippen LogP contribution in [0.25, 0.3) is 10.9 Å². The molecule has 1 saturated heterocycles. The summed E-state index contributed by atoms with van der Waals surface area (Å²) in [4.78, 5) is 25.0. The molecule has 2 atom stereocenters. The van der Waals surface area contributed by atoms with E-state index in [1.807, 2.05) is 6.26 Å². The van der Waals surface area contributed by atoms with E-state index in [2.05, 4.69) is 4.74 Å². The van der Waals surface area contributed by atoms with Gasteiger partial charge in [0.2, 0.25) is 5.43 Å². The van der Waals surface area contributed by atoms with Crippen LogP contribution in [0, 0.1) is 11.6 Å². The molecule has 2 aliphatic rings. The maximum atomic E-state index is 15.5. The fraction of sp³-hybridized carbons (Fsp3) is 0.444. The summed E-state index contributed by atoms with van der Waals surface area (Å²) in [5.74, 6) is -2.19. The van der Waals surface area contributed by atoms with Gasteiger partial charge in [-0.2, -0.15) is 11.8 Å². The summed E-state index contributed by atoms with van der Waals surface area (Å²) < 4.78 is 36.4. The number of carboxylic acid groups (broad SMARTS) is 1. The van der Waals surface area contributed by atoms with Crippen LogP contribution in [0.4, 0.5) is 19.3 Å². The molecule has 4 rings (SSSR count). The highest BCUT2D eigenvalue weighted by molar-refractivity contribution is 7.99. The van der Waals surface area contributed by atoms with E-state index >= 15 is 4.39 Å². The topological polar surface area (TPSA) is 97.8 Å². The van der Waals surface area contributed by atoms with Gasteiger partial charge in [0.25, 0.3) is 0 Å². The number of ether oxygens (including phenoxy) is 1. The number of nitrogens with two attached hydrogens (primary N) is 1. The second-order valence-electron chi connectivity index (χ2n) is 7.09. The van der Waals surface area contributed by atoms with Gasteiger partial charge in [-0.3, -0.25) is 4.79 Å². The monoisotopic (exact) mass is 411 g/mol. The molecule has 1 aliphatic carbocycles. The summed E-state index contributed by atoms with van der Waals surface area (Å²) >= 11 is 1.54. The number of halogens is 2. The van der Waals surface area contributed by atoms with Crippen molar-refractivity contribution >= 4 is 34.5 Å². The van der Waals surface area contributed by atoms with Crippen molar-refractivity contribution in [3.8, 4) is 5.75 Å². The predicted molar refractivity (Wildman–Crippen MR) is 103 cm³/mol. The van der Waals surface area contributed by atoms with Crippen LogP contribution >= 0.6 is 11.8 Å². The second kappa shape index (κ2) is 6.93. The highest BCUT2D eigenvalue weighted by atomic mass is 32.2. The van der Waals surface area contributed by atoms with Crippen LogP contribution in [0.1, 0.15) is 18.9 Å². The van der Waals surface area contributed by atoms with Crippen molar-refractivity contribution in [2.45, 2.75) is 30.2 Å². The number of rotatable bonds is 4. The fourth-order valence-electron chi connectivity index (χ4n) is 3.73. The number of pyridine rings is 1. The lowest BCUT2D eigenvalue weighted by Gasteiger charge is -2.22. The molecular formula is C18H19F2N3O4S. The van der Waals surface area contributed by atoms with Crippen molar-refractivity contribution in [3.05, 3.63) is 34.1 Å². The SMILES string of the molecule is CS[C@H]1CN(c2c(F)cc3c(=O)c(OC(=O)O)cn(C4CC4)c3c2F)C[C@@H]1N. The van der Waals surface area contributed by atoms with Gasteiger partial charge >= 0.3 is 6.16 Å².